The van der Waals surface area contributed by atoms with Crippen LogP contribution in [-0.2, 0) is 0 Å². The lowest BCUT2D eigenvalue weighted by Gasteiger charge is -2.19. The fraction of sp³-hybridized carbons (Fsp3) is 0. The first kappa shape index (κ1) is 44.6. The topological polar surface area (TPSA) is 157 Å². The molecule has 0 unspecified atom stereocenters. The maximum atomic E-state index is 10.3. The highest BCUT2D eigenvalue weighted by Gasteiger charge is 2.24. The van der Waals surface area contributed by atoms with E-state index < -0.39 is 0 Å². The number of pyridine rings is 1. The Morgan fingerprint density at radius 3 is 1.26 bits per heavy atom. The van der Waals surface area contributed by atoms with E-state index in [9.17, 15) is 21.0 Å². The molecule has 0 aliphatic heterocycles. The molecule has 0 saturated heterocycles. The van der Waals surface area contributed by atoms with Crippen LogP contribution in [0.5, 0.6) is 0 Å². The Balaban J connectivity index is 1.07. The molecule has 0 N–H and O–H groups in total. The number of hydrogen-bond donors (Lipinski definition) is 0. The molecular formula is C66H36N10. The Labute approximate surface area is 435 Å². The minimum atomic E-state index is 0.423. The van der Waals surface area contributed by atoms with Gasteiger partial charge in [0.1, 0.15) is 0 Å². The largest absolute Gasteiger partial charge is 0.309 e. The zero-order valence-corrected chi connectivity index (χ0v) is 40.3. The zero-order valence-electron chi connectivity index (χ0n) is 40.3. The first-order chi connectivity index (χ1) is 37.5. The molecule has 0 spiro atoms. The van der Waals surface area contributed by atoms with E-state index in [1.807, 2.05) is 122 Å². The number of nitrogens with zero attached hydrogens (tertiary/aromatic N) is 10. The van der Waals surface area contributed by atoms with Gasteiger partial charge < -0.3 is 9.13 Å². The van der Waals surface area contributed by atoms with Gasteiger partial charge in [-0.3, -0.25) is 4.98 Å². The quantitative estimate of drug-likeness (QED) is 0.146. The first-order valence-corrected chi connectivity index (χ1v) is 24.4. The lowest BCUT2D eigenvalue weighted by molar-refractivity contribution is 1.07. The van der Waals surface area contributed by atoms with Crippen LogP contribution in [-0.4, -0.2) is 29.1 Å². The molecule has 350 valence electrons. The number of nitriles is 4. The number of hydrogen-bond acceptors (Lipinski definition) is 8. The van der Waals surface area contributed by atoms with Gasteiger partial charge in [0, 0.05) is 55.6 Å². The second-order valence-electron chi connectivity index (χ2n) is 18.3. The lowest BCUT2D eigenvalue weighted by Crippen LogP contribution is -2.04. The van der Waals surface area contributed by atoms with Crippen LogP contribution >= 0.6 is 0 Å². The Kier molecular flexibility index (Phi) is 10.8. The molecule has 9 aromatic carbocycles. The molecule has 13 rings (SSSR count). The summed E-state index contributed by atoms with van der Waals surface area (Å²) in [5, 5.41) is 43.7. The van der Waals surface area contributed by atoms with Crippen molar-refractivity contribution in [1.29, 1.82) is 21.0 Å². The molecule has 0 bridgehead atoms. The standard InChI is InChI=1S/C66H36N10/c67-36-41-19-24-50(48(31-41)38-69)45-22-27-60-56(33-45)52-15-7-9-17-58(52)75(60)62-35-47(66-73-64(43-11-3-1-4-12-43)72-65(74-66)44-13-5-2-6-14-44)21-26-54(62)55-29-30-71-40-63(55)76-59-18-10-8-16-53(59)57-34-46(23-28-61(57)76)51-25-20-42(37-68)32-49(51)39-70/h1-35,40H. The number of aromatic nitrogens is 6. The molecule has 76 heavy (non-hydrogen) atoms. The van der Waals surface area contributed by atoms with Crippen molar-refractivity contribution in [2.75, 3.05) is 0 Å². The number of para-hydroxylation sites is 2. The summed E-state index contributed by atoms with van der Waals surface area (Å²) < 4.78 is 4.55. The number of rotatable bonds is 8. The molecule has 10 heteroatoms. The van der Waals surface area contributed by atoms with E-state index in [1.54, 1.807) is 24.3 Å². The van der Waals surface area contributed by atoms with Gasteiger partial charge in [-0.05, 0) is 95.1 Å². The molecular weight excluding hydrogens is 933 g/mol. The molecule has 4 aromatic heterocycles. The Morgan fingerprint density at radius 2 is 0.750 bits per heavy atom. The van der Waals surface area contributed by atoms with Crippen LogP contribution in [0.25, 0.3) is 123 Å². The third-order valence-electron chi connectivity index (χ3n) is 14.0. The van der Waals surface area contributed by atoms with E-state index in [0.29, 0.717) is 39.7 Å². The van der Waals surface area contributed by atoms with Crippen molar-refractivity contribution < 1.29 is 0 Å². The molecule has 0 saturated carbocycles. The zero-order chi connectivity index (χ0) is 51.3. The van der Waals surface area contributed by atoms with Crippen LogP contribution in [0, 0.1) is 45.3 Å². The summed E-state index contributed by atoms with van der Waals surface area (Å²) in [5.74, 6) is 1.60. The van der Waals surface area contributed by atoms with Crippen molar-refractivity contribution in [3.63, 3.8) is 0 Å². The minimum Gasteiger partial charge on any atom is -0.309 e. The second kappa shape index (κ2) is 18.4. The van der Waals surface area contributed by atoms with Crippen LogP contribution in [0.15, 0.2) is 219 Å². The summed E-state index contributed by atoms with van der Waals surface area (Å²) in [7, 11) is 0. The summed E-state index contributed by atoms with van der Waals surface area (Å²) >= 11 is 0. The van der Waals surface area contributed by atoms with Gasteiger partial charge >= 0.3 is 0 Å². The van der Waals surface area contributed by atoms with E-state index in [4.69, 9.17) is 19.9 Å². The maximum Gasteiger partial charge on any atom is 0.164 e. The minimum absolute atomic E-state index is 0.423. The van der Waals surface area contributed by atoms with Crippen molar-refractivity contribution in [2.45, 2.75) is 0 Å². The Hall–Kier alpha value is -11.3. The van der Waals surface area contributed by atoms with Gasteiger partial charge in [-0.25, -0.2) is 15.0 Å². The summed E-state index contributed by atoms with van der Waals surface area (Å²) in [6, 6.07) is 76.9. The van der Waals surface area contributed by atoms with Gasteiger partial charge in [-0.2, -0.15) is 21.0 Å². The molecule has 0 atom stereocenters. The highest BCUT2D eigenvalue weighted by molar-refractivity contribution is 6.13. The molecule has 4 heterocycles. The van der Waals surface area contributed by atoms with Crippen LogP contribution < -0.4 is 0 Å². The van der Waals surface area contributed by atoms with E-state index in [0.717, 1.165) is 105 Å². The van der Waals surface area contributed by atoms with Gasteiger partial charge in [0.15, 0.2) is 17.5 Å². The highest BCUT2D eigenvalue weighted by Crippen LogP contribution is 2.43. The molecule has 0 fully saturated rings. The van der Waals surface area contributed by atoms with Crippen LogP contribution in [0.2, 0.25) is 0 Å². The first-order valence-electron chi connectivity index (χ1n) is 24.4. The number of fused-ring (bicyclic) bond motifs is 6. The summed E-state index contributed by atoms with van der Waals surface area (Å²) in [6.07, 6.45) is 3.73. The van der Waals surface area contributed by atoms with E-state index >= 15 is 0 Å². The van der Waals surface area contributed by atoms with E-state index in [-0.39, 0.29) is 0 Å². The van der Waals surface area contributed by atoms with Crippen LogP contribution in [0.4, 0.5) is 0 Å². The average molecular weight is 969 g/mol. The predicted molar refractivity (Wildman–Crippen MR) is 298 cm³/mol. The summed E-state index contributed by atoms with van der Waals surface area (Å²) in [4.78, 5) is 20.1. The Morgan fingerprint density at radius 1 is 0.316 bits per heavy atom. The molecule has 10 nitrogen and oxygen atoms in total. The SMILES string of the molecule is N#Cc1ccc(-c2ccc3c(c2)c2ccccc2n3-c2cnccc2-c2ccc(-c3nc(-c4ccccc4)nc(-c4ccccc4)n3)cc2-n2c3ccccc3c3cc(-c4ccc(C#N)cc4C#N)ccc32)c(C#N)c1. The summed E-state index contributed by atoms with van der Waals surface area (Å²) in [5.41, 5.74) is 14.7. The predicted octanol–water partition coefficient (Wildman–Crippen LogP) is 14.9. The smallest absolute Gasteiger partial charge is 0.164 e. The fourth-order valence-corrected chi connectivity index (χ4v) is 10.5. The normalized spacial score (nSPS) is 11.1. The van der Waals surface area contributed by atoms with Gasteiger partial charge in [-0.15, -0.1) is 0 Å². The van der Waals surface area contributed by atoms with Crippen LogP contribution in [0.3, 0.4) is 0 Å². The third-order valence-corrected chi connectivity index (χ3v) is 14.0. The lowest BCUT2D eigenvalue weighted by atomic mass is 9.97. The van der Waals surface area contributed by atoms with Crippen molar-refractivity contribution in [1.82, 2.24) is 29.1 Å². The number of benzene rings is 9. The third kappa shape index (κ3) is 7.47. The molecule has 0 radical (unpaired) electrons. The average Bonchev–Trinajstić information content (AvgIpc) is 4.06. The van der Waals surface area contributed by atoms with Gasteiger partial charge in [-0.1, -0.05) is 133 Å². The van der Waals surface area contributed by atoms with Crippen molar-refractivity contribution >= 4 is 43.6 Å². The monoisotopic (exact) mass is 968 g/mol. The second-order valence-corrected chi connectivity index (χ2v) is 18.3. The van der Waals surface area contributed by atoms with E-state index in [2.05, 4.69) is 106 Å². The van der Waals surface area contributed by atoms with Crippen LogP contribution in [0.1, 0.15) is 22.3 Å². The molecule has 0 amide bonds. The fourth-order valence-electron chi connectivity index (χ4n) is 10.5. The van der Waals surface area contributed by atoms with Crippen molar-refractivity contribution in [2.24, 2.45) is 0 Å². The molecule has 0 aliphatic rings. The van der Waals surface area contributed by atoms with Gasteiger partial charge in [0.25, 0.3) is 0 Å². The van der Waals surface area contributed by atoms with Gasteiger partial charge in [0.2, 0.25) is 0 Å². The maximum absolute atomic E-state index is 10.3. The summed E-state index contributed by atoms with van der Waals surface area (Å²) in [6.45, 7) is 0. The highest BCUT2D eigenvalue weighted by atomic mass is 15.0. The van der Waals surface area contributed by atoms with E-state index in [1.165, 1.54) is 0 Å². The molecule has 0 aliphatic carbocycles. The molecule has 13 aromatic rings. The van der Waals surface area contributed by atoms with Crippen molar-refractivity contribution in [3.05, 3.63) is 241 Å². The Bertz CT molecular complexity index is 4640. The van der Waals surface area contributed by atoms with Gasteiger partial charge in [0.05, 0.1) is 86.2 Å². The van der Waals surface area contributed by atoms with Crippen molar-refractivity contribution in [3.8, 4) is 103 Å².